The maximum atomic E-state index is 13.9. The van der Waals surface area contributed by atoms with Gasteiger partial charge in [0.05, 0.1) is 11.8 Å². The smallest absolute Gasteiger partial charge is 0.319 e. The van der Waals surface area contributed by atoms with Crippen molar-refractivity contribution in [1.29, 1.82) is 0 Å². The highest BCUT2D eigenvalue weighted by Gasteiger charge is 2.37. The Morgan fingerprint density at radius 2 is 1.92 bits per heavy atom. The summed E-state index contributed by atoms with van der Waals surface area (Å²) in [7, 11) is 3.49. The van der Waals surface area contributed by atoms with Crippen molar-refractivity contribution in [3.63, 3.8) is 0 Å². The van der Waals surface area contributed by atoms with Crippen LogP contribution in [0.25, 0.3) is 0 Å². The predicted molar refractivity (Wildman–Crippen MR) is 135 cm³/mol. The van der Waals surface area contributed by atoms with Crippen molar-refractivity contribution in [2.75, 3.05) is 40.3 Å². The molecule has 0 bridgehead atoms. The summed E-state index contributed by atoms with van der Waals surface area (Å²) in [6, 6.07) is 2.28. The number of carbonyl (C=O) groups excluding carboxylic acids is 2. The van der Waals surface area contributed by atoms with Crippen LogP contribution < -0.4 is 10.6 Å². The number of piperidine rings is 1. The first-order chi connectivity index (χ1) is 16.9. The van der Waals surface area contributed by atoms with Crippen LogP contribution >= 0.6 is 0 Å². The van der Waals surface area contributed by atoms with E-state index in [9.17, 15) is 23.5 Å². The molecule has 0 unspecified atom stereocenters. The van der Waals surface area contributed by atoms with Gasteiger partial charge in [0.25, 0.3) is 0 Å². The second-order valence-corrected chi connectivity index (χ2v) is 10.6. The van der Waals surface area contributed by atoms with Crippen LogP contribution in [0.5, 0.6) is 0 Å². The highest BCUT2D eigenvalue weighted by molar-refractivity contribution is 6.13. The van der Waals surface area contributed by atoms with Crippen LogP contribution in [-0.4, -0.2) is 85.0 Å². The molecule has 1 fully saturated rings. The number of nitrogens with zero attached hydrogens (tertiary/aromatic N) is 3. The third-order valence-corrected chi connectivity index (χ3v) is 6.60. The molecule has 0 radical (unpaired) electrons. The first kappa shape index (κ1) is 27.7. The zero-order valence-corrected chi connectivity index (χ0v) is 21.7. The van der Waals surface area contributed by atoms with Crippen molar-refractivity contribution in [3.05, 3.63) is 46.7 Å². The Balaban J connectivity index is 1.85. The van der Waals surface area contributed by atoms with Gasteiger partial charge in [0.15, 0.2) is 11.6 Å². The molecule has 3 amide bonds. The lowest BCUT2D eigenvalue weighted by Crippen LogP contribution is -2.58. The number of likely N-dealkylation sites (N-methyl/N-ethyl adjacent to an activating group) is 1. The topological polar surface area (TPSA) is 97.3 Å². The summed E-state index contributed by atoms with van der Waals surface area (Å²) in [5.41, 5.74) is 1.62. The van der Waals surface area contributed by atoms with Gasteiger partial charge >= 0.3 is 6.03 Å². The Hall–Kier alpha value is -2.85. The molecule has 1 aromatic rings. The molecular weight excluding hydrogens is 468 g/mol. The molecule has 3 N–H and O–H groups in total. The number of halogens is 2. The first-order valence-electron chi connectivity index (χ1n) is 12.3. The van der Waals surface area contributed by atoms with Crippen LogP contribution in [0.15, 0.2) is 34.5 Å². The van der Waals surface area contributed by atoms with Crippen LogP contribution in [0, 0.1) is 17.0 Å². The summed E-state index contributed by atoms with van der Waals surface area (Å²) in [6.45, 7) is 7.55. The standard InChI is InChI=1S/C26H37F2N5O3/c1-26(2,3)23(24(35)33-11-6-7-17(34)14-33)31-25(36)30-21-10-12-32(5)15-18(21)22(29-4)16-8-9-19(27)20(28)13-16/h8-9,13,17,23,34H,6-7,10-12,14-15H2,1-5H3,(H2,30,31,36)/b29-22-/t17-,23-/m1/s1. The van der Waals surface area contributed by atoms with Crippen LogP contribution in [-0.2, 0) is 4.79 Å². The average Bonchev–Trinajstić information content (AvgIpc) is 2.81. The zero-order valence-electron chi connectivity index (χ0n) is 21.7. The molecule has 2 aliphatic rings. The van der Waals surface area contributed by atoms with E-state index >= 15 is 0 Å². The molecule has 0 spiro atoms. The highest BCUT2D eigenvalue weighted by atomic mass is 19.2. The second kappa shape index (κ2) is 11.5. The number of aliphatic hydroxyl groups excluding tert-OH is 1. The lowest BCUT2D eigenvalue weighted by molar-refractivity contribution is -0.138. The molecule has 0 saturated carbocycles. The molecule has 0 aliphatic carbocycles. The van der Waals surface area contributed by atoms with Crippen molar-refractivity contribution < 1.29 is 23.5 Å². The van der Waals surface area contributed by atoms with Crippen molar-refractivity contribution >= 4 is 17.6 Å². The molecule has 198 valence electrons. The molecule has 2 aliphatic heterocycles. The molecule has 1 saturated heterocycles. The Labute approximate surface area is 211 Å². The Morgan fingerprint density at radius 3 is 2.53 bits per heavy atom. The van der Waals surface area contributed by atoms with E-state index in [0.29, 0.717) is 61.4 Å². The Bertz CT molecular complexity index is 1050. The van der Waals surface area contributed by atoms with Crippen molar-refractivity contribution in [3.8, 4) is 0 Å². The van der Waals surface area contributed by atoms with Crippen LogP contribution in [0.1, 0.15) is 45.6 Å². The van der Waals surface area contributed by atoms with Crippen molar-refractivity contribution in [2.24, 2.45) is 10.4 Å². The van der Waals surface area contributed by atoms with E-state index in [2.05, 4.69) is 15.6 Å². The average molecular weight is 506 g/mol. The van der Waals surface area contributed by atoms with Gasteiger partial charge < -0.3 is 25.5 Å². The molecule has 2 heterocycles. The van der Waals surface area contributed by atoms with Gasteiger partial charge in [-0.15, -0.1) is 0 Å². The van der Waals surface area contributed by atoms with Gasteiger partial charge in [0, 0.05) is 56.5 Å². The number of likely N-dealkylation sites (tertiary alicyclic amines) is 1. The van der Waals surface area contributed by atoms with E-state index in [1.807, 2.05) is 32.7 Å². The lowest BCUT2D eigenvalue weighted by Gasteiger charge is -2.38. The number of carbonyl (C=O) groups is 2. The minimum atomic E-state index is -0.972. The van der Waals surface area contributed by atoms with Crippen LogP contribution in [0.3, 0.4) is 0 Å². The Kier molecular flexibility index (Phi) is 8.84. The number of aliphatic imine (C=N–C) groups is 1. The monoisotopic (exact) mass is 505 g/mol. The van der Waals surface area contributed by atoms with Crippen molar-refractivity contribution in [2.45, 2.75) is 52.2 Å². The number of benzene rings is 1. The molecule has 2 atom stereocenters. The molecule has 0 aromatic heterocycles. The number of aliphatic hydroxyl groups is 1. The summed E-state index contributed by atoms with van der Waals surface area (Å²) in [6.07, 6.45) is 1.31. The highest BCUT2D eigenvalue weighted by Crippen LogP contribution is 2.24. The maximum Gasteiger partial charge on any atom is 0.319 e. The number of hydrogen-bond acceptors (Lipinski definition) is 5. The quantitative estimate of drug-likeness (QED) is 0.536. The van der Waals surface area contributed by atoms with Gasteiger partial charge in [0.2, 0.25) is 5.91 Å². The van der Waals surface area contributed by atoms with Crippen molar-refractivity contribution in [1.82, 2.24) is 20.4 Å². The van der Waals surface area contributed by atoms with Gasteiger partial charge in [0.1, 0.15) is 6.04 Å². The van der Waals surface area contributed by atoms with E-state index in [-0.39, 0.29) is 12.5 Å². The van der Waals surface area contributed by atoms with E-state index < -0.39 is 35.2 Å². The molecule has 10 heteroatoms. The molecule has 1 aromatic carbocycles. The normalized spacial score (nSPS) is 20.8. The van der Waals surface area contributed by atoms with E-state index in [1.54, 1.807) is 11.9 Å². The van der Waals surface area contributed by atoms with Gasteiger partial charge in [-0.3, -0.25) is 9.79 Å². The summed E-state index contributed by atoms with van der Waals surface area (Å²) in [5, 5.41) is 15.7. The zero-order chi connectivity index (χ0) is 26.6. The first-order valence-corrected chi connectivity index (χ1v) is 12.3. The fourth-order valence-electron chi connectivity index (χ4n) is 4.63. The minimum Gasteiger partial charge on any atom is -0.391 e. The number of rotatable bonds is 5. The predicted octanol–water partition coefficient (Wildman–Crippen LogP) is 2.67. The number of hydrogen-bond donors (Lipinski definition) is 3. The van der Waals surface area contributed by atoms with Gasteiger partial charge in [-0.05, 0) is 43.5 Å². The molecule has 3 rings (SSSR count). The summed E-state index contributed by atoms with van der Waals surface area (Å²) in [4.78, 5) is 34.4. The van der Waals surface area contributed by atoms with Gasteiger partial charge in [-0.25, -0.2) is 13.6 Å². The number of urea groups is 1. The summed E-state index contributed by atoms with van der Waals surface area (Å²) >= 11 is 0. The molecular formula is C26H37F2N5O3. The fraction of sp³-hybridized carbons (Fsp3) is 0.577. The van der Waals surface area contributed by atoms with E-state index in [4.69, 9.17) is 0 Å². The minimum absolute atomic E-state index is 0.230. The fourth-order valence-corrected chi connectivity index (χ4v) is 4.63. The van der Waals surface area contributed by atoms with Gasteiger partial charge in [-0.2, -0.15) is 0 Å². The van der Waals surface area contributed by atoms with Gasteiger partial charge in [-0.1, -0.05) is 20.8 Å². The van der Waals surface area contributed by atoms with Crippen LogP contribution in [0.2, 0.25) is 0 Å². The number of amides is 3. The third kappa shape index (κ3) is 6.67. The SMILES string of the molecule is C/N=C(\C1=C(NC(=O)N[C@H](C(=O)N2CCC[C@@H](O)C2)C(C)(C)C)CCN(C)C1)c1ccc(F)c(F)c1. The molecule has 36 heavy (non-hydrogen) atoms. The second-order valence-electron chi connectivity index (χ2n) is 10.6. The van der Waals surface area contributed by atoms with E-state index in [0.717, 1.165) is 12.1 Å². The Morgan fingerprint density at radius 1 is 1.19 bits per heavy atom. The largest absolute Gasteiger partial charge is 0.391 e. The van der Waals surface area contributed by atoms with Crippen LogP contribution in [0.4, 0.5) is 13.6 Å². The van der Waals surface area contributed by atoms with E-state index in [1.165, 1.54) is 6.07 Å². The number of β-amino-alcohol motifs (C(OH)–C–C–N with tert-alkyl or cyclic N) is 1. The maximum absolute atomic E-state index is 13.9. The summed E-state index contributed by atoms with van der Waals surface area (Å²) in [5.74, 6) is -2.15. The number of nitrogens with one attached hydrogen (secondary N) is 2. The lowest BCUT2D eigenvalue weighted by atomic mass is 9.85. The third-order valence-electron chi connectivity index (χ3n) is 6.60. The molecule has 8 nitrogen and oxygen atoms in total. The summed E-state index contributed by atoms with van der Waals surface area (Å²) < 4.78 is 27.5.